The van der Waals surface area contributed by atoms with Crippen molar-refractivity contribution in [2.45, 2.75) is 75.4 Å². The lowest BCUT2D eigenvalue weighted by Gasteiger charge is -2.38. The number of ether oxygens (including phenoxy) is 3. The minimum atomic E-state index is -3.46. The lowest BCUT2D eigenvalue weighted by molar-refractivity contribution is -0.294. The van der Waals surface area contributed by atoms with Crippen LogP contribution in [0, 0.1) is 0 Å². The summed E-state index contributed by atoms with van der Waals surface area (Å²) in [5.74, 6) is -4.08. The molecule has 7 atom stereocenters. The van der Waals surface area contributed by atoms with Crippen molar-refractivity contribution in [3.05, 3.63) is 0 Å². The van der Waals surface area contributed by atoms with E-state index >= 15 is 0 Å². The van der Waals surface area contributed by atoms with E-state index in [1.165, 1.54) is 6.92 Å². The number of aliphatic hydroxyl groups excluding tert-OH is 3. The molecule has 1 saturated heterocycles. The zero-order valence-electron chi connectivity index (χ0n) is 28.1. The first kappa shape index (κ1) is 44.9. The Bertz CT molecular complexity index is 1300. The number of hydrogen-bond acceptors (Lipinski definition) is 16. The Balaban J connectivity index is 2.65. The van der Waals surface area contributed by atoms with Gasteiger partial charge in [0.2, 0.25) is 23.6 Å². The van der Waals surface area contributed by atoms with Crippen LogP contribution in [0.15, 0.2) is 0 Å². The van der Waals surface area contributed by atoms with Gasteiger partial charge >= 0.3 is 0 Å². The van der Waals surface area contributed by atoms with Crippen LogP contribution in [0.3, 0.4) is 0 Å². The summed E-state index contributed by atoms with van der Waals surface area (Å²) >= 11 is 0. The van der Waals surface area contributed by atoms with Gasteiger partial charge in [0.15, 0.2) is 6.29 Å². The molecule has 20 nitrogen and oxygen atoms in total. The first-order valence-corrected chi connectivity index (χ1v) is 19.7. The third-order valence-corrected chi connectivity index (χ3v) is 9.05. The van der Waals surface area contributed by atoms with Crippen molar-refractivity contribution in [3.63, 3.8) is 0 Å². The lowest BCUT2D eigenvalue weighted by Crippen LogP contribution is -2.57. The number of sulfone groups is 2. The molecule has 6 N–H and O–H groups in total. The van der Waals surface area contributed by atoms with Crippen LogP contribution >= 0.6 is 0 Å². The number of rotatable bonds is 24. The van der Waals surface area contributed by atoms with E-state index in [0.717, 1.165) is 17.4 Å². The van der Waals surface area contributed by atoms with Crippen LogP contribution < -0.4 is 16.0 Å². The van der Waals surface area contributed by atoms with E-state index < -0.39 is 117 Å². The van der Waals surface area contributed by atoms with Gasteiger partial charge in [-0.3, -0.25) is 19.2 Å². The van der Waals surface area contributed by atoms with Gasteiger partial charge in [0.25, 0.3) is 0 Å². The second-order valence-electron chi connectivity index (χ2n) is 11.7. The fourth-order valence-electron chi connectivity index (χ4n) is 4.32. The van der Waals surface area contributed by atoms with E-state index in [4.69, 9.17) is 14.2 Å². The summed E-state index contributed by atoms with van der Waals surface area (Å²) in [5, 5.41) is 36.5. The Morgan fingerprint density at radius 1 is 0.780 bits per heavy atom. The highest BCUT2D eigenvalue weighted by molar-refractivity contribution is 7.90. The zero-order valence-corrected chi connectivity index (χ0v) is 29.7. The topological polar surface area (TPSA) is 298 Å². The molecule has 0 unspecified atom stereocenters. The van der Waals surface area contributed by atoms with Gasteiger partial charge in [-0.1, -0.05) is 0 Å². The minimum absolute atomic E-state index is 0.0193. The van der Waals surface area contributed by atoms with E-state index in [1.54, 1.807) is 0 Å². The van der Waals surface area contributed by atoms with Crippen molar-refractivity contribution in [1.29, 1.82) is 0 Å². The molecular formula is C28H48N4O16S2. The lowest BCUT2D eigenvalue weighted by atomic mass is 10.0. The number of carbonyl (C=O) groups is 6. The van der Waals surface area contributed by atoms with Crippen LogP contribution in [0.1, 0.15) is 32.6 Å². The predicted molar refractivity (Wildman–Crippen MR) is 173 cm³/mol. The molecule has 0 spiro atoms. The summed E-state index contributed by atoms with van der Waals surface area (Å²) in [5.41, 5.74) is 0. The molecular weight excluding hydrogens is 712 g/mol. The maximum atomic E-state index is 13.0. The van der Waals surface area contributed by atoms with Crippen LogP contribution in [-0.2, 0) is 62.7 Å². The van der Waals surface area contributed by atoms with Gasteiger partial charge in [-0.2, -0.15) is 0 Å². The number of carbonyl (C=O) groups excluding carboxylic acids is 6. The molecule has 22 heteroatoms. The average molecular weight is 761 g/mol. The molecule has 0 aromatic rings. The highest BCUT2D eigenvalue weighted by Crippen LogP contribution is 2.21. The molecule has 0 bridgehead atoms. The average Bonchev–Trinajstić information content (AvgIpc) is 3.03. The number of aliphatic hydroxyl groups is 3. The number of aldehydes is 2. The van der Waals surface area contributed by atoms with Crippen molar-refractivity contribution in [2.75, 3.05) is 63.5 Å². The number of hydrogen-bond donors (Lipinski definition) is 6. The van der Waals surface area contributed by atoms with Crippen LogP contribution in [0.2, 0.25) is 0 Å². The molecule has 1 aliphatic rings. The van der Waals surface area contributed by atoms with Gasteiger partial charge < -0.3 is 60.0 Å². The largest absolute Gasteiger partial charge is 0.388 e. The van der Waals surface area contributed by atoms with Gasteiger partial charge in [0, 0.05) is 31.9 Å². The summed E-state index contributed by atoms with van der Waals surface area (Å²) in [7, 11) is -6.92. The highest BCUT2D eigenvalue weighted by atomic mass is 32.2. The first-order chi connectivity index (χ1) is 23.3. The Morgan fingerprint density at radius 2 is 1.30 bits per heavy atom. The Labute approximate surface area is 290 Å². The maximum absolute atomic E-state index is 13.0. The molecule has 0 aromatic heterocycles. The van der Waals surface area contributed by atoms with E-state index in [-0.39, 0.29) is 45.6 Å². The van der Waals surface area contributed by atoms with Crippen molar-refractivity contribution in [1.82, 2.24) is 20.9 Å². The molecule has 288 valence electrons. The molecule has 50 heavy (non-hydrogen) atoms. The van der Waals surface area contributed by atoms with Crippen LogP contribution in [0.25, 0.3) is 0 Å². The standard InChI is InChI=1S/C28H48N4O16S2/c1-18-25(39)26(40)27(41)28(48-18)47-11-10-46-9-8-29-21(35)4-5-24(38)32(14-22(36)30-19(16-33)6-12-49(2,42)43)15-23(37)31-20(17-34)7-13-50(3,44)45/h16-20,25-28,39-41H,4-15H2,1-3H3,(H,29,35)(H,30,36)(H,31,37)/t18-,19-,20-,25-,26+,27+,28+/m0/s1. The van der Waals surface area contributed by atoms with Gasteiger partial charge in [-0.15, -0.1) is 0 Å². The van der Waals surface area contributed by atoms with Gasteiger partial charge in [0.1, 0.15) is 63.6 Å². The van der Waals surface area contributed by atoms with E-state index in [9.17, 15) is 60.9 Å². The normalized spacial score (nSPS) is 22.1. The quantitative estimate of drug-likeness (QED) is 0.0396. The predicted octanol–water partition coefficient (Wildman–Crippen LogP) is -5.19. The number of nitrogens with zero attached hydrogens (tertiary/aromatic N) is 1. The van der Waals surface area contributed by atoms with Crippen molar-refractivity contribution < 1.29 is 75.1 Å². The van der Waals surface area contributed by atoms with E-state index in [0.29, 0.717) is 12.6 Å². The van der Waals surface area contributed by atoms with E-state index in [1.807, 2.05) is 0 Å². The van der Waals surface area contributed by atoms with Gasteiger partial charge in [-0.05, 0) is 19.8 Å². The van der Waals surface area contributed by atoms with Crippen LogP contribution in [-0.4, -0.2) is 180 Å². The number of nitrogens with one attached hydrogen (secondary N) is 3. The zero-order chi connectivity index (χ0) is 38.1. The second kappa shape index (κ2) is 22.0. The summed E-state index contributed by atoms with van der Waals surface area (Å²) in [6.45, 7) is -0.0308. The second-order valence-corrected chi connectivity index (χ2v) is 16.2. The molecule has 0 aliphatic carbocycles. The van der Waals surface area contributed by atoms with Crippen molar-refractivity contribution in [3.8, 4) is 0 Å². The molecule has 1 rings (SSSR count). The Kier molecular flexibility index (Phi) is 19.7. The molecule has 0 radical (unpaired) electrons. The molecule has 1 aliphatic heterocycles. The number of amides is 4. The third kappa shape index (κ3) is 18.8. The molecule has 1 heterocycles. The van der Waals surface area contributed by atoms with Gasteiger partial charge in [-0.25, -0.2) is 16.8 Å². The molecule has 0 aromatic carbocycles. The smallest absolute Gasteiger partial charge is 0.240 e. The van der Waals surface area contributed by atoms with Crippen molar-refractivity contribution in [2.24, 2.45) is 0 Å². The molecule has 1 fully saturated rings. The van der Waals surface area contributed by atoms with Crippen molar-refractivity contribution >= 4 is 55.9 Å². The SMILES string of the molecule is C[C@@H]1O[C@@H](OCCOCCNC(=O)CCC(=O)N(CC(=O)N[C@H](C=O)CCS(C)(=O)=O)CC(=O)N[C@H](C=O)CCS(C)(=O)=O)[C@H](O)[C@H](O)[C@H]1O. The molecule has 0 saturated carbocycles. The fourth-order valence-corrected chi connectivity index (χ4v) is 5.68. The highest BCUT2D eigenvalue weighted by Gasteiger charge is 2.42. The minimum Gasteiger partial charge on any atom is -0.388 e. The summed E-state index contributed by atoms with van der Waals surface area (Å²) in [6.07, 6.45) is -4.97. The summed E-state index contributed by atoms with van der Waals surface area (Å²) in [6, 6.07) is -2.42. The monoisotopic (exact) mass is 760 g/mol. The maximum Gasteiger partial charge on any atom is 0.240 e. The first-order valence-electron chi connectivity index (χ1n) is 15.5. The summed E-state index contributed by atoms with van der Waals surface area (Å²) in [4.78, 5) is 74.1. The Hall–Kier alpha value is -3.12. The van der Waals surface area contributed by atoms with Crippen LogP contribution in [0.5, 0.6) is 0 Å². The van der Waals surface area contributed by atoms with E-state index in [2.05, 4.69) is 16.0 Å². The molecule has 4 amide bonds. The summed E-state index contributed by atoms with van der Waals surface area (Å²) < 4.78 is 61.7. The third-order valence-electron chi connectivity index (χ3n) is 7.09. The van der Waals surface area contributed by atoms with Crippen LogP contribution in [0.4, 0.5) is 0 Å². The Morgan fingerprint density at radius 3 is 1.78 bits per heavy atom. The fraction of sp³-hybridized carbons (Fsp3) is 0.786. The van der Waals surface area contributed by atoms with Gasteiger partial charge in [0.05, 0.1) is 49.5 Å².